The molecule has 0 aliphatic carbocycles. The van der Waals surface area contributed by atoms with E-state index in [1.54, 1.807) is 32.3 Å². The Labute approximate surface area is 123 Å². The smallest absolute Gasteiger partial charge is 0.254 e. The van der Waals surface area contributed by atoms with Gasteiger partial charge in [0.05, 0.1) is 10.6 Å². The van der Waals surface area contributed by atoms with Crippen molar-refractivity contribution in [2.45, 2.75) is 19.3 Å². The molecule has 0 heterocycles. The second-order valence-electron chi connectivity index (χ2n) is 4.62. The Bertz CT molecular complexity index is 489. The van der Waals surface area contributed by atoms with Crippen molar-refractivity contribution < 1.29 is 14.7 Å². The fraction of sp³-hybridized carbons (Fsp3) is 0.429. The van der Waals surface area contributed by atoms with Crippen LogP contribution in [-0.4, -0.2) is 42.5 Å². The quantitative estimate of drug-likeness (QED) is 0.791. The molecule has 0 radical (unpaired) electrons. The van der Waals surface area contributed by atoms with Crippen LogP contribution in [0, 0.1) is 0 Å². The third-order valence-electron chi connectivity index (χ3n) is 2.70. The van der Waals surface area contributed by atoms with E-state index in [2.05, 4.69) is 5.32 Å². The molecule has 1 rings (SSSR count). The number of hydrogen-bond acceptors (Lipinski definition) is 3. The second-order valence-corrected chi connectivity index (χ2v) is 5.03. The van der Waals surface area contributed by atoms with Crippen LogP contribution >= 0.6 is 11.6 Å². The molecule has 5 nitrogen and oxygen atoms in total. The summed E-state index contributed by atoms with van der Waals surface area (Å²) >= 11 is 5.99. The molecule has 1 aromatic rings. The van der Waals surface area contributed by atoms with Crippen LogP contribution < -0.4 is 5.32 Å². The van der Waals surface area contributed by atoms with Crippen LogP contribution in [0.3, 0.4) is 0 Å². The summed E-state index contributed by atoms with van der Waals surface area (Å²) in [6, 6.07) is 4.80. The number of anilines is 1. The lowest BCUT2D eigenvalue weighted by Gasteiger charge is -2.13. The van der Waals surface area contributed by atoms with Gasteiger partial charge in [-0.2, -0.15) is 0 Å². The molecule has 0 aromatic heterocycles. The zero-order valence-corrected chi connectivity index (χ0v) is 12.4. The molecule has 110 valence electrons. The molecule has 2 amide bonds. The number of unbranched alkanes of at least 4 members (excludes halogenated alkanes) is 1. The summed E-state index contributed by atoms with van der Waals surface area (Å²) in [4.78, 5) is 25.0. The Balaban J connectivity index is 2.75. The Kier molecular flexibility index (Phi) is 6.48. The van der Waals surface area contributed by atoms with Gasteiger partial charge in [-0.1, -0.05) is 11.6 Å². The lowest BCUT2D eigenvalue weighted by Crippen LogP contribution is -2.22. The minimum atomic E-state index is -0.216. The topological polar surface area (TPSA) is 69.6 Å². The van der Waals surface area contributed by atoms with Gasteiger partial charge in [0.2, 0.25) is 5.91 Å². The number of halogens is 1. The van der Waals surface area contributed by atoms with Crippen molar-refractivity contribution in [1.82, 2.24) is 4.90 Å². The fourth-order valence-electron chi connectivity index (χ4n) is 1.63. The molecule has 0 atom stereocenters. The molecule has 2 N–H and O–H groups in total. The Morgan fingerprint density at radius 2 is 2.00 bits per heavy atom. The van der Waals surface area contributed by atoms with Crippen molar-refractivity contribution in [2.24, 2.45) is 0 Å². The van der Waals surface area contributed by atoms with Crippen molar-refractivity contribution in [3.8, 4) is 0 Å². The van der Waals surface area contributed by atoms with Gasteiger partial charge in [-0.3, -0.25) is 9.59 Å². The van der Waals surface area contributed by atoms with E-state index in [-0.39, 0.29) is 18.4 Å². The molecule has 0 unspecified atom stereocenters. The maximum Gasteiger partial charge on any atom is 0.254 e. The summed E-state index contributed by atoms with van der Waals surface area (Å²) in [7, 11) is 3.28. The number of hydrogen-bond donors (Lipinski definition) is 2. The van der Waals surface area contributed by atoms with E-state index in [9.17, 15) is 9.59 Å². The number of carbonyl (C=O) groups is 2. The zero-order valence-electron chi connectivity index (χ0n) is 11.6. The largest absolute Gasteiger partial charge is 0.396 e. The third-order valence-corrected chi connectivity index (χ3v) is 3.03. The average molecular weight is 299 g/mol. The van der Waals surface area contributed by atoms with Gasteiger partial charge in [-0.25, -0.2) is 0 Å². The first-order valence-corrected chi connectivity index (χ1v) is 6.75. The SMILES string of the molecule is CN(C)C(=O)c1cc(NC(=O)CCCCO)ccc1Cl. The minimum absolute atomic E-state index is 0.0791. The first-order chi connectivity index (χ1) is 9.45. The molecule has 0 aliphatic rings. The minimum Gasteiger partial charge on any atom is -0.396 e. The van der Waals surface area contributed by atoms with Crippen LogP contribution in [0.5, 0.6) is 0 Å². The number of amides is 2. The molecular weight excluding hydrogens is 280 g/mol. The highest BCUT2D eigenvalue weighted by Gasteiger charge is 2.13. The predicted octanol–water partition coefficient (Wildman–Crippen LogP) is 2.14. The van der Waals surface area contributed by atoms with Gasteiger partial charge in [0.25, 0.3) is 5.91 Å². The van der Waals surface area contributed by atoms with Gasteiger partial charge in [0.1, 0.15) is 0 Å². The molecule has 0 spiro atoms. The Morgan fingerprint density at radius 1 is 1.30 bits per heavy atom. The van der Waals surface area contributed by atoms with Gasteiger partial charge in [-0.15, -0.1) is 0 Å². The molecule has 0 saturated heterocycles. The average Bonchev–Trinajstić information content (AvgIpc) is 2.40. The van der Waals surface area contributed by atoms with Crippen LogP contribution in [0.15, 0.2) is 18.2 Å². The highest BCUT2D eigenvalue weighted by atomic mass is 35.5. The van der Waals surface area contributed by atoms with E-state index in [1.165, 1.54) is 4.90 Å². The number of rotatable bonds is 6. The number of aliphatic hydroxyl groups is 1. The highest BCUT2D eigenvalue weighted by molar-refractivity contribution is 6.34. The molecule has 1 aromatic carbocycles. The van der Waals surface area contributed by atoms with Gasteiger partial charge < -0.3 is 15.3 Å². The van der Waals surface area contributed by atoms with E-state index in [0.717, 1.165) is 0 Å². The zero-order chi connectivity index (χ0) is 15.1. The van der Waals surface area contributed by atoms with Gasteiger partial charge in [0, 0.05) is 32.8 Å². The van der Waals surface area contributed by atoms with Gasteiger partial charge in [-0.05, 0) is 31.0 Å². The number of aliphatic hydroxyl groups excluding tert-OH is 1. The molecule has 0 aliphatic heterocycles. The summed E-state index contributed by atoms with van der Waals surface area (Å²) in [6.07, 6.45) is 1.55. The first kappa shape index (κ1) is 16.5. The normalized spacial score (nSPS) is 10.2. The summed E-state index contributed by atoms with van der Waals surface area (Å²) in [6.45, 7) is 0.0791. The standard InChI is InChI=1S/C14H19ClN2O3/c1-17(2)14(20)11-9-10(6-7-12(11)15)16-13(19)5-3-4-8-18/h6-7,9,18H,3-5,8H2,1-2H3,(H,16,19). The van der Waals surface area contributed by atoms with E-state index >= 15 is 0 Å². The first-order valence-electron chi connectivity index (χ1n) is 6.37. The number of benzene rings is 1. The molecule has 0 saturated carbocycles. The lowest BCUT2D eigenvalue weighted by molar-refractivity contribution is -0.116. The molecule has 20 heavy (non-hydrogen) atoms. The van der Waals surface area contributed by atoms with Crippen LogP contribution in [0.2, 0.25) is 5.02 Å². The molecule has 0 bridgehead atoms. The Morgan fingerprint density at radius 3 is 2.60 bits per heavy atom. The van der Waals surface area contributed by atoms with Crippen molar-refractivity contribution in [2.75, 3.05) is 26.0 Å². The Hall–Kier alpha value is -1.59. The monoisotopic (exact) mass is 298 g/mol. The van der Waals surface area contributed by atoms with E-state index < -0.39 is 0 Å². The molecule has 6 heteroatoms. The summed E-state index contributed by atoms with van der Waals surface area (Å²) in [5, 5.41) is 11.7. The van der Waals surface area contributed by atoms with Gasteiger partial charge >= 0.3 is 0 Å². The molecule has 0 fully saturated rings. The molecular formula is C14H19ClN2O3. The van der Waals surface area contributed by atoms with E-state index in [0.29, 0.717) is 35.5 Å². The van der Waals surface area contributed by atoms with Gasteiger partial charge in [0.15, 0.2) is 0 Å². The summed E-state index contributed by atoms with van der Waals surface area (Å²) in [5.41, 5.74) is 0.887. The van der Waals surface area contributed by atoms with E-state index in [4.69, 9.17) is 16.7 Å². The van der Waals surface area contributed by atoms with Crippen LogP contribution in [-0.2, 0) is 4.79 Å². The number of carbonyl (C=O) groups excluding carboxylic acids is 2. The van der Waals surface area contributed by atoms with E-state index in [1.807, 2.05) is 0 Å². The van der Waals surface area contributed by atoms with Crippen LogP contribution in [0.25, 0.3) is 0 Å². The van der Waals surface area contributed by atoms with Crippen LogP contribution in [0.4, 0.5) is 5.69 Å². The van der Waals surface area contributed by atoms with Crippen LogP contribution in [0.1, 0.15) is 29.6 Å². The van der Waals surface area contributed by atoms with Crippen molar-refractivity contribution in [3.05, 3.63) is 28.8 Å². The maximum atomic E-state index is 11.9. The number of nitrogens with one attached hydrogen (secondary N) is 1. The second kappa shape index (κ2) is 7.87. The lowest BCUT2D eigenvalue weighted by atomic mass is 10.1. The highest BCUT2D eigenvalue weighted by Crippen LogP contribution is 2.22. The summed E-state index contributed by atoms with van der Waals surface area (Å²) in [5.74, 6) is -0.365. The van der Waals surface area contributed by atoms with Crippen molar-refractivity contribution in [1.29, 1.82) is 0 Å². The van der Waals surface area contributed by atoms with Crippen molar-refractivity contribution >= 4 is 29.1 Å². The summed E-state index contributed by atoms with van der Waals surface area (Å²) < 4.78 is 0. The maximum absolute atomic E-state index is 11.9. The fourth-order valence-corrected chi connectivity index (χ4v) is 1.83. The predicted molar refractivity (Wildman–Crippen MR) is 79.0 cm³/mol. The van der Waals surface area contributed by atoms with Crippen molar-refractivity contribution in [3.63, 3.8) is 0 Å². The number of nitrogens with zero attached hydrogens (tertiary/aromatic N) is 1. The third kappa shape index (κ3) is 4.83.